The number of benzene rings is 5. The second kappa shape index (κ2) is 15.5. The van der Waals surface area contributed by atoms with Gasteiger partial charge < -0.3 is 19.9 Å². The number of para-hydroxylation sites is 2. The highest BCUT2D eigenvalue weighted by atomic mass is 16.7. The summed E-state index contributed by atoms with van der Waals surface area (Å²) in [7, 11) is 2.12. The number of carbonyl (C=O) groups is 1. The summed E-state index contributed by atoms with van der Waals surface area (Å²) in [6, 6.07) is 42.4. The number of nitrogens with one attached hydrogen (secondary N) is 1. The van der Waals surface area contributed by atoms with Crippen LogP contribution in [0.2, 0.25) is 0 Å². The molecule has 252 valence electrons. The minimum absolute atomic E-state index is 0.00878. The molecule has 3 atom stereocenters. The average Bonchev–Trinajstić information content (AvgIpc) is 3.17. The van der Waals surface area contributed by atoms with Crippen molar-refractivity contribution in [3.05, 3.63) is 167 Å². The van der Waals surface area contributed by atoms with Crippen LogP contribution in [0.5, 0.6) is 0 Å². The van der Waals surface area contributed by atoms with Gasteiger partial charge in [0.15, 0.2) is 6.29 Å². The zero-order valence-electron chi connectivity index (χ0n) is 28.0. The third-order valence-electron chi connectivity index (χ3n) is 9.00. The van der Waals surface area contributed by atoms with E-state index in [2.05, 4.69) is 87.9 Å². The van der Waals surface area contributed by atoms with E-state index >= 15 is 0 Å². The number of hydrogen-bond acceptors (Lipinski definition) is 7. The molecule has 8 heteroatoms. The van der Waals surface area contributed by atoms with E-state index in [1.54, 1.807) is 0 Å². The van der Waals surface area contributed by atoms with Gasteiger partial charge in [0.1, 0.15) is 5.69 Å². The van der Waals surface area contributed by atoms with Crippen molar-refractivity contribution in [1.29, 1.82) is 0 Å². The summed E-state index contributed by atoms with van der Waals surface area (Å²) in [5.74, 6) is -0.266. The van der Waals surface area contributed by atoms with E-state index in [1.165, 1.54) is 11.8 Å². The number of rotatable bonds is 11. The molecule has 0 aliphatic carbocycles. The fourth-order valence-corrected chi connectivity index (χ4v) is 6.37. The zero-order valence-corrected chi connectivity index (χ0v) is 28.0. The first-order valence-electron chi connectivity index (χ1n) is 16.9. The van der Waals surface area contributed by atoms with Gasteiger partial charge in [-0.05, 0) is 58.6 Å². The number of aromatic nitrogens is 2. The van der Waals surface area contributed by atoms with E-state index in [1.807, 2.05) is 66.7 Å². The lowest BCUT2D eigenvalue weighted by Gasteiger charge is -2.38. The SMILES string of the molecule is CN(Cc1ccccc1)C[C@@H]1C[C@H](c2ccc(CO)cc2)O[C@H](c2ccc(-c3cccc(CNC(=O)c4cnc5ccccc5n4)c3)cc2)O1. The second-order valence-corrected chi connectivity index (χ2v) is 12.8. The van der Waals surface area contributed by atoms with Crippen LogP contribution >= 0.6 is 0 Å². The van der Waals surface area contributed by atoms with Crippen molar-refractivity contribution in [2.75, 3.05) is 13.6 Å². The number of aliphatic hydroxyl groups excluding tert-OH is 1. The lowest BCUT2D eigenvalue weighted by Crippen LogP contribution is -2.37. The maximum atomic E-state index is 12.9. The fraction of sp³-hybridized carbons (Fsp3) is 0.214. The van der Waals surface area contributed by atoms with Gasteiger partial charge in [-0.3, -0.25) is 14.7 Å². The monoisotopic (exact) mass is 664 g/mol. The Balaban J connectivity index is 1.03. The van der Waals surface area contributed by atoms with Crippen molar-refractivity contribution in [2.45, 2.75) is 44.6 Å². The number of amides is 1. The van der Waals surface area contributed by atoms with Gasteiger partial charge in [-0.1, -0.05) is 109 Å². The predicted molar refractivity (Wildman–Crippen MR) is 194 cm³/mol. The summed E-state index contributed by atoms with van der Waals surface area (Å²) < 4.78 is 13.2. The quantitative estimate of drug-likeness (QED) is 0.149. The molecule has 6 aromatic rings. The molecule has 1 amide bonds. The number of ether oxygens (including phenoxy) is 2. The minimum atomic E-state index is -0.532. The van der Waals surface area contributed by atoms with Crippen LogP contribution in [0.25, 0.3) is 22.2 Å². The largest absolute Gasteiger partial charge is 0.392 e. The Kier molecular flexibility index (Phi) is 10.3. The Hall–Kier alpha value is -5.25. The molecule has 0 spiro atoms. The number of aliphatic hydroxyl groups is 1. The molecule has 0 radical (unpaired) electrons. The summed E-state index contributed by atoms with van der Waals surface area (Å²) in [5, 5.41) is 12.5. The molecular weight excluding hydrogens is 624 g/mol. The molecule has 0 bridgehead atoms. The molecule has 50 heavy (non-hydrogen) atoms. The highest BCUT2D eigenvalue weighted by Gasteiger charge is 2.32. The summed E-state index contributed by atoms with van der Waals surface area (Å²) in [4.78, 5) is 24.0. The van der Waals surface area contributed by atoms with E-state index in [0.29, 0.717) is 12.1 Å². The van der Waals surface area contributed by atoms with Crippen molar-refractivity contribution in [3.63, 3.8) is 0 Å². The Morgan fingerprint density at radius 1 is 0.780 bits per heavy atom. The van der Waals surface area contributed by atoms with Gasteiger partial charge >= 0.3 is 0 Å². The molecule has 7 rings (SSSR count). The van der Waals surface area contributed by atoms with Crippen LogP contribution in [-0.2, 0) is 29.2 Å². The zero-order chi connectivity index (χ0) is 34.3. The normalized spacial score (nSPS) is 17.5. The highest BCUT2D eigenvalue weighted by molar-refractivity contribution is 5.93. The number of nitrogens with zero attached hydrogens (tertiary/aromatic N) is 3. The van der Waals surface area contributed by atoms with Crippen molar-refractivity contribution < 1.29 is 19.4 Å². The summed E-state index contributed by atoms with van der Waals surface area (Å²) in [5.41, 5.74) is 8.95. The van der Waals surface area contributed by atoms with Crippen molar-refractivity contribution in [3.8, 4) is 11.1 Å². The lowest BCUT2D eigenvalue weighted by atomic mass is 9.99. The van der Waals surface area contributed by atoms with E-state index in [0.717, 1.165) is 58.4 Å². The van der Waals surface area contributed by atoms with Gasteiger partial charge in [-0.25, -0.2) is 4.98 Å². The molecule has 1 aliphatic rings. The van der Waals surface area contributed by atoms with Crippen LogP contribution in [0.4, 0.5) is 0 Å². The van der Waals surface area contributed by atoms with Gasteiger partial charge in [-0.15, -0.1) is 0 Å². The van der Waals surface area contributed by atoms with Crippen molar-refractivity contribution in [1.82, 2.24) is 20.2 Å². The highest BCUT2D eigenvalue weighted by Crippen LogP contribution is 2.38. The van der Waals surface area contributed by atoms with Gasteiger partial charge in [0.2, 0.25) is 0 Å². The maximum Gasteiger partial charge on any atom is 0.271 e. The van der Waals surface area contributed by atoms with Crippen molar-refractivity contribution >= 4 is 16.9 Å². The molecule has 1 aliphatic heterocycles. The molecule has 1 saturated heterocycles. The van der Waals surface area contributed by atoms with Crippen molar-refractivity contribution in [2.24, 2.45) is 0 Å². The standard InChI is InChI=1S/C42H40N4O4/c1-46(26-29-8-3-2-4-9-29)27-36-23-40(33-16-14-30(28-47)15-17-33)50-42(49-36)34-20-18-32(19-21-34)35-11-7-10-31(22-35)24-44-41(48)39-25-43-37-12-5-6-13-38(37)45-39/h2-22,25,36,40,42,47H,23-24,26-28H2,1H3,(H,44,48)/t36-,40+,42+/m0/s1. The molecule has 0 unspecified atom stereocenters. The van der Waals surface area contributed by atoms with Crippen LogP contribution in [0.15, 0.2) is 134 Å². The number of hydrogen-bond donors (Lipinski definition) is 2. The number of likely N-dealkylation sites (N-methyl/N-ethyl adjacent to an activating group) is 1. The van der Waals surface area contributed by atoms with Gasteiger partial charge in [-0.2, -0.15) is 0 Å². The van der Waals surface area contributed by atoms with Crippen LogP contribution < -0.4 is 5.32 Å². The topological polar surface area (TPSA) is 96.8 Å². The van der Waals surface area contributed by atoms with E-state index in [9.17, 15) is 9.90 Å². The van der Waals surface area contributed by atoms with E-state index in [4.69, 9.17) is 9.47 Å². The molecular formula is C42H40N4O4. The second-order valence-electron chi connectivity index (χ2n) is 12.8. The van der Waals surface area contributed by atoms with Gasteiger partial charge in [0, 0.05) is 31.6 Å². The van der Waals surface area contributed by atoms with Gasteiger partial charge in [0.25, 0.3) is 5.91 Å². The van der Waals surface area contributed by atoms with Gasteiger partial charge in [0.05, 0.1) is 36.0 Å². The molecule has 1 aromatic heterocycles. The minimum Gasteiger partial charge on any atom is -0.392 e. The molecule has 2 N–H and O–H groups in total. The molecule has 8 nitrogen and oxygen atoms in total. The first-order chi connectivity index (χ1) is 24.5. The summed E-state index contributed by atoms with van der Waals surface area (Å²) in [6.45, 7) is 1.96. The fourth-order valence-electron chi connectivity index (χ4n) is 6.37. The average molecular weight is 665 g/mol. The van der Waals surface area contributed by atoms with Crippen LogP contribution in [0.1, 0.15) is 57.1 Å². The van der Waals surface area contributed by atoms with E-state index < -0.39 is 6.29 Å². The lowest BCUT2D eigenvalue weighted by molar-refractivity contribution is -0.252. The Bertz CT molecular complexity index is 2040. The van der Waals surface area contributed by atoms with E-state index in [-0.39, 0.29) is 30.4 Å². The van der Waals surface area contributed by atoms with Crippen LogP contribution in [-0.4, -0.2) is 45.6 Å². The number of fused-ring (bicyclic) bond motifs is 1. The third-order valence-corrected chi connectivity index (χ3v) is 9.00. The van der Waals surface area contributed by atoms with Crippen LogP contribution in [0, 0.1) is 0 Å². The predicted octanol–water partition coefficient (Wildman–Crippen LogP) is 7.40. The molecule has 0 saturated carbocycles. The number of carbonyl (C=O) groups excluding carboxylic acids is 1. The Morgan fingerprint density at radius 2 is 1.50 bits per heavy atom. The summed E-state index contributed by atoms with van der Waals surface area (Å²) in [6.07, 6.45) is 1.51. The first-order valence-corrected chi connectivity index (χ1v) is 16.9. The maximum absolute atomic E-state index is 12.9. The first kappa shape index (κ1) is 33.3. The summed E-state index contributed by atoms with van der Waals surface area (Å²) >= 11 is 0. The molecule has 1 fully saturated rings. The van der Waals surface area contributed by atoms with Crippen LogP contribution in [0.3, 0.4) is 0 Å². The third kappa shape index (κ3) is 8.13. The molecule has 2 heterocycles. The smallest absolute Gasteiger partial charge is 0.271 e. The Labute approximate surface area is 292 Å². The molecule has 5 aromatic carbocycles. The Morgan fingerprint density at radius 3 is 2.28 bits per heavy atom.